The molecule has 1 heterocycles. The van der Waals surface area contributed by atoms with Gasteiger partial charge in [0, 0.05) is 41.2 Å². The molecule has 0 aliphatic carbocycles. The topological polar surface area (TPSA) is 36.6 Å². The molecule has 0 radical (unpaired) electrons. The van der Waals surface area contributed by atoms with Crippen molar-refractivity contribution in [2.75, 3.05) is 4.90 Å². The zero-order chi connectivity index (χ0) is 35.3. The van der Waals surface area contributed by atoms with Crippen LogP contribution < -0.4 is 9.47 Å². The lowest BCUT2D eigenvalue weighted by Crippen LogP contribution is -2.34. The molecule has 1 aromatic heterocycles. The van der Waals surface area contributed by atoms with Crippen molar-refractivity contribution in [3.05, 3.63) is 199 Å². The summed E-state index contributed by atoms with van der Waals surface area (Å²) in [6, 6.07) is 59.4. The summed E-state index contributed by atoms with van der Waals surface area (Å²) in [7, 11) is 0. The molecule has 52 heavy (non-hydrogen) atoms. The van der Waals surface area contributed by atoms with E-state index < -0.39 is 0 Å². The van der Waals surface area contributed by atoms with Crippen LogP contribution in [0.25, 0.3) is 61.3 Å². The lowest BCUT2D eigenvalue weighted by Gasteiger charge is -2.26. The van der Waals surface area contributed by atoms with Crippen molar-refractivity contribution in [3.8, 4) is 22.3 Å². The zero-order valence-electron chi connectivity index (χ0n) is 28.3. The molecular weight excluding hydrogens is 657 g/mol. The predicted octanol–water partition coefficient (Wildman–Crippen LogP) is 12.8. The van der Waals surface area contributed by atoms with Gasteiger partial charge in [0.15, 0.2) is 0 Å². The first-order chi connectivity index (χ1) is 25.7. The highest BCUT2D eigenvalue weighted by atomic mass is 32.1. The van der Waals surface area contributed by atoms with Gasteiger partial charge in [0.05, 0.1) is 0 Å². The maximum absolute atomic E-state index is 9.49. The Morgan fingerprint density at radius 1 is 0.558 bits per heavy atom. The molecule has 0 spiro atoms. The molecule has 250 valence electrons. The molecule has 1 N–H and O–H groups in total. The molecule has 0 amide bonds. The molecular formula is C47H35N2O2S+. The molecule has 0 unspecified atom stereocenters. The number of hydrogen-bond donors (Lipinski definition) is 1. The largest absolute Gasteiger partial charge is 0.399 e. The molecule has 7 aromatic carbocycles. The summed E-state index contributed by atoms with van der Waals surface area (Å²) < 4.78 is 2.93. The average molecular weight is 692 g/mol. The van der Waals surface area contributed by atoms with Crippen molar-refractivity contribution >= 4 is 67.4 Å². The Balaban J connectivity index is 1.08. The number of benzene rings is 7. The Kier molecular flexibility index (Phi) is 9.27. The number of thiazole rings is 1. The highest BCUT2D eigenvalue weighted by molar-refractivity contribution is 7.19. The maximum Gasteiger partial charge on any atom is 0.399 e. The van der Waals surface area contributed by atoms with Crippen molar-refractivity contribution < 1.29 is 14.7 Å². The molecule has 5 heteroatoms. The van der Waals surface area contributed by atoms with Crippen LogP contribution in [0.5, 0.6) is 0 Å². The summed E-state index contributed by atoms with van der Waals surface area (Å²) >= 11 is 1.63. The third-order valence-electron chi connectivity index (χ3n) is 9.14. The van der Waals surface area contributed by atoms with E-state index in [0.717, 1.165) is 48.6 Å². The summed E-state index contributed by atoms with van der Waals surface area (Å²) in [5, 5.41) is 12.7. The fraction of sp³-hybridized carbons (Fsp3) is 0. The molecule has 0 saturated heterocycles. The third kappa shape index (κ3) is 6.66. The Labute approximate surface area is 307 Å². The van der Waals surface area contributed by atoms with Crippen LogP contribution in [0.1, 0.15) is 10.6 Å². The third-order valence-corrected chi connectivity index (χ3v) is 10.3. The number of rotatable bonds is 10. The summed E-state index contributed by atoms with van der Waals surface area (Å²) in [5.41, 5.74) is 9.98. The molecule has 4 nitrogen and oxygen atoms in total. The van der Waals surface area contributed by atoms with E-state index in [4.69, 9.17) is 0 Å². The van der Waals surface area contributed by atoms with Gasteiger partial charge in [-0.3, -0.25) is 4.89 Å². The van der Waals surface area contributed by atoms with Crippen LogP contribution in [0.4, 0.5) is 17.1 Å². The number of anilines is 3. The Hall–Kier alpha value is -6.53. The standard InChI is InChI=1S/C47H34N2O2S/c1-34(51-50)48-45-33-26-40-17-9-10-18-44(40)47(45)52-46(48)19-11-8-12-35-20-27-41(28-21-35)49(42-29-22-38(23-30-42)36-13-4-2-5-14-36)43-31-24-39(25-32-43)37-15-6-3-7-16-37/h2-33H,1H2/p+1. The first-order valence-electron chi connectivity index (χ1n) is 17.1. The Morgan fingerprint density at radius 3 is 1.63 bits per heavy atom. The first-order valence-corrected chi connectivity index (χ1v) is 17.9. The lowest BCUT2D eigenvalue weighted by atomic mass is 10.0. The van der Waals surface area contributed by atoms with Crippen molar-refractivity contribution in [2.45, 2.75) is 0 Å². The predicted molar refractivity (Wildman–Crippen MR) is 219 cm³/mol. The molecule has 8 aromatic rings. The van der Waals surface area contributed by atoms with Crippen LogP contribution in [-0.2, 0) is 4.89 Å². The van der Waals surface area contributed by atoms with E-state index in [1.54, 1.807) is 11.3 Å². The van der Waals surface area contributed by atoms with Gasteiger partial charge in [0.2, 0.25) is 5.52 Å². The van der Waals surface area contributed by atoms with E-state index in [9.17, 15) is 5.26 Å². The molecule has 0 aliphatic heterocycles. The monoisotopic (exact) mass is 691 g/mol. The summed E-state index contributed by atoms with van der Waals surface area (Å²) in [6.07, 6.45) is 8.11. The van der Waals surface area contributed by atoms with Crippen LogP contribution in [0.15, 0.2) is 189 Å². The SMILES string of the molecule is C=C(OO)[n+]1c(/C=C/C=C/c2ccc(N(c3ccc(-c4ccccc4)cc3)c3ccc(-c4ccccc4)cc3)cc2)sc2c3ccccc3ccc21. The fourth-order valence-corrected chi connectivity index (χ4v) is 7.75. The minimum absolute atomic E-state index is 0.148. The van der Waals surface area contributed by atoms with Gasteiger partial charge < -0.3 is 4.90 Å². The van der Waals surface area contributed by atoms with Crippen molar-refractivity contribution in [1.29, 1.82) is 0 Å². The number of fused-ring (bicyclic) bond motifs is 3. The summed E-state index contributed by atoms with van der Waals surface area (Å²) in [4.78, 5) is 6.89. The highest BCUT2D eigenvalue weighted by Gasteiger charge is 2.25. The molecule has 0 fully saturated rings. The van der Waals surface area contributed by atoms with Crippen molar-refractivity contribution in [3.63, 3.8) is 0 Å². The second-order valence-corrected chi connectivity index (χ2v) is 13.4. The van der Waals surface area contributed by atoms with E-state index >= 15 is 0 Å². The number of allylic oxidation sites excluding steroid dienone is 2. The number of aromatic nitrogens is 1. The minimum Gasteiger partial charge on any atom is -0.311 e. The van der Waals surface area contributed by atoms with Crippen molar-refractivity contribution in [1.82, 2.24) is 0 Å². The lowest BCUT2D eigenvalue weighted by molar-refractivity contribution is -0.586. The second kappa shape index (κ2) is 14.8. The van der Waals surface area contributed by atoms with Gasteiger partial charge in [0.1, 0.15) is 4.70 Å². The van der Waals surface area contributed by atoms with E-state index in [2.05, 4.69) is 162 Å². The second-order valence-electron chi connectivity index (χ2n) is 12.4. The molecule has 0 bridgehead atoms. The van der Waals surface area contributed by atoms with E-state index in [1.165, 1.54) is 22.3 Å². The van der Waals surface area contributed by atoms with Gasteiger partial charge in [-0.05, 0) is 75.7 Å². The summed E-state index contributed by atoms with van der Waals surface area (Å²) in [5.74, 6) is 0.148. The maximum atomic E-state index is 9.49. The molecule has 8 rings (SSSR count). The minimum atomic E-state index is 0.148. The van der Waals surface area contributed by atoms with Crippen molar-refractivity contribution in [2.24, 2.45) is 0 Å². The first kappa shape index (κ1) is 32.7. The van der Waals surface area contributed by atoms with Gasteiger partial charge in [-0.1, -0.05) is 151 Å². The van der Waals surface area contributed by atoms with Gasteiger partial charge in [-0.2, -0.15) is 5.26 Å². The quantitative estimate of drug-likeness (QED) is 0.0510. The molecule has 0 saturated carbocycles. The van der Waals surface area contributed by atoms with Gasteiger partial charge >= 0.3 is 5.88 Å². The Morgan fingerprint density at radius 2 is 1.06 bits per heavy atom. The van der Waals surface area contributed by atoms with Crippen LogP contribution in [-0.4, -0.2) is 5.26 Å². The normalized spacial score (nSPS) is 11.5. The van der Waals surface area contributed by atoms with E-state index in [0.29, 0.717) is 0 Å². The zero-order valence-corrected chi connectivity index (χ0v) is 29.2. The van der Waals surface area contributed by atoms with Crippen LogP contribution >= 0.6 is 11.3 Å². The average Bonchev–Trinajstić information content (AvgIpc) is 3.60. The van der Waals surface area contributed by atoms with E-state index in [1.807, 2.05) is 53.1 Å². The Bertz CT molecular complexity index is 2450. The number of nitrogens with zero attached hydrogens (tertiary/aromatic N) is 2. The molecule has 0 atom stereocenters. The smallest absolute Gasteiger partial charge is 0.311 e. The van der Waals surface area contributed by atoms with Crippen LogP contribution in [0.3, 0.4) is 0 Å². The van der Waals surface area contributed by atoms with E-state index in [-0.39, 0.29) is 5.88 Å². The highest BCUT2D eigenvalue weighted by Crippen LogP contribution is 2.37. The van der Waals surface area contributed by atoms with Gasteiger partial charge in [-0.15, -0.1) is 4.57 Å². The fourth-order valence-electron chi connectivity index (χ4n) is 6.54. The molecule has 0 aliphatic rings. The van der Waals surface area contributed by atoms with Crippen LogP contribution in [0, 0.1) is 0 Å². The number of hydrogen-bond acceptors (Lipinski definition) is 4. The van der Waals surface area contributed by atoms with Gasteiger partial charge in [0.25, 0.3) is 5.01 Å². The van der Waals surface area contributed by atoms with Gasteiger partial charge in [-0.25, -0.2) is 0 Å². The van der Waals surface area contributed by atoms with Crippen LogP contribution in [0.2, 0.25) is 0 Å². The summed E-state index contributed by atoms with van der Waals surface area (Å²) in [6.45, 7) is 3.93.